The third-order valence-corrected chi connectivity index (χ3v) is 6.60. The number of benzene rings is 1. The van der Waals surface area contributed by atoms with Crippen molar-refractivity contribution in [1.29, 1.82) is 0 Å². The average molecular weight is 413 g/mol. The van der Waals surface area contributed by atoms with Gasteiger partial charge >= 0.3 is 0 Å². The van der Waals surface area contributed by atoms with Crippen LogP contribution in [0.5, 0.6) is 0 Å². The van der Waals surface area contributed by atoms with Crippen LogP contribution < -0.4 is 0 Å². The van der Waals surface area contributed by atoms with Crippen molar-refractivity contribution in [3.05, 3.63) is 58.9 Å². The molecule has 0 amide bonds. The number of carbonyl (C=O) groups is 1. The standard InChI is InChI=1S/C24H30NO5/c1-3-11-28-20-15-24(29-4-2,30-21-16-25(21)9-12-27-13-10-25)14-19-22(20)17-7-5-6-8-18(17)23(19)26/h5-8,14-15,21-22H,3-4,9-13,16H2,1-2H3/q+1. The molecule has 2 fully saturated rings. The summed E-state index contributed by atoms with van der Waals surface area (Å²) >= 11 is 0. The number of morpholine rings is 1. The maximum atomic E-state index is 13.3. The van der Waals surface area contributed by atoms with Crippen molar-refractivity contribution >= 4 is 5.78 Å². The summed E-state index contributed by atoms with van der Waals surface area (Å²) in [6.45, 7) is 9.50. The highest BCUT2D eigenvalue weighted by atomic mass is 16.7. The summed E-state index contributed by atoms with van der Waals surface area (Å²) < 4.78 is 25.4. The van der Waals surface area contributed by atoms with Gasteiger partial charge in [0.25, 0.3) is 0 Å². The van der Waals surface area contributed by atoms with Gasteiger partial charge in [0.05, 0.1) is 25.7 Å². The molecule has 6 heteroatoms. The molecule has 3 unspecified atom stereocenters. The topological polar surface area (TPSA) is 54.0 Å². The van der Waals surface area contributed by atoms with Crippen LogP contribution in [0.25, 0.3) is 0 Å². The zero-order valence-corrected chi connectivity index (χ0v) is 17.8. The molecule has 0 bridgehead atoms. The SMILES string of the molecule is CCCOC1=CC(OCC)(OC2C[N+]23CCOCC3)C=C2C(=O)c3ccccc3C12. The van der Waals surface area contributed by atoms with E-state index in [0.29, 0.717) is 18.8 Å². The number of carbonyl (C=O) groups excluding carboxylic acids is 1. The van der Waals surface area contributed by atoms with E-state index in [1.165, 1.54) is 0 Å². The number of ether oxygens (including phenoxy) is 4. The first-order valence-electron chi connectivity index (χ1n) is 11.1. The van der Waals surface area contributed by atoms with Gasteiger partial charge in [-0.1, -0.05) is 31.2 Å². The summed E-state index contributed by atoms with van der Waals surface area (Å²) in [5, 5.41) is 0. The molecule has 2 aliphatic heterocycles. The third kappa shape index (κ3) is 3.23. The fourth-order valence-corrected chi connectivity index (χ4v) is 4.96. The molecule has 0 aromatic heterocycles. The molecule has 2 aliphatic carbocycles. The highest BCUT2D eigenvalue weighted by Crippen LogP contribution is 2.49. The fourth-order valence-electron chi connectivity index (χ4n) is 4.96. The number of nitrogens with zero attached hydrogens (tertiary/aromatic N) is 1. The van der Waals surface area contributed by atoms with Crippen LogP contribution in [0, 0.1) is 0 Å². The molecule has 4 aliphatic rings. The minimum absolute atomic E-state index is 0.0417. The number of quaternary nitrogens is 1. The Morgan fingerprint density at radius 1 is 1.17 bits per heavy atom. The van der Waals surface area contributed by atoms with Gasteiger partial charge in [-0.2, -0.15) is 0 Å². The maximum absolute atomic E-state index is 13.3. The molecular formula is C24H30NO5+. The van der Waals surface area contributed by atoms with Crippen molar-refractivity contribution < 1.29 is 28.2 Å². The van der Waals surface area contributed by atoms with Crippen LogP contribution in [-0.4, -0.2) is 68.3 Å². The summed E-state index contributed by atoms with van der Waals surface area (Å²) in [4.78, 5) is 13.3. The molecule has 1 aromatic carbocycles. The summed E-state index contributed by atoms with van der Waals surface area (Å²) in [6, 6.07) is 7.80. The number of Topliss-reactive ketones (excluding diaryl/α,β-unsaturated/α-hetero) is 1. The van der Waals surface area contributed by atoms with Gasteiger partial charge in [-0.3, -0.25) is 14.0 Å². The van der Waals surface area contributed by atoms with Crippen molar-refractivity contribution in [1.82, 2.24) is 0 Å². The zero-order valence-electron chi connectivity index (χ0n) is 17.8. The molecule has 1 aromatic rings. The zero-order chi connectivity index (χ0) is 20.8. The van der Waals surface area contributed by atoms with Crippen LogP contribution in [0.1, 0.15) is 42.1 Å². The number of ketones is 1. The van der Waals surface area contributed by atoms with E-state index in [1.54, 1.807) is 0 Å². The van der Waals surface area contributed by atoms with Gasteiger partial charge in [-0.25, -0.2) is 0 Å². The minimum Gasteiger partial charge on any atom is -0.497 e. The van der Waals surface area contributed by atoms with Gasteiger partial charge in [0, 0.05) is 23.8 Å². The number of allylic oxidation sites excluding steroid dienone is 1. The largest absolute Gasteiger partial charge is 0.497 e. The van der Waals surface area contributed by atoms with Crippen molar-refractivity contribution in [3.63, 3.8) is 0 Å². The average Bonchev–Trinajstić information content (AvgIpc) is 3.31. The molecule has 2 heterocycles. The normalized spacial score (nSPS) is 31.1. The van der Waals surface area contributed by atoms with E-state index in [9.17, 15) is 4.79 Å². The van der Waals surface area contributed by atoms with E-state index in [2.05, 4.69) is 6.92 Å². The molecule has 30 heavy (non-hydrogen) atoms. The summed E-state index contributed by atoms with van der Waals surface area (Å²) in [5.41, 5.74) is 2.45. The Labute approximate surface area is 177 Å². The van der Waals surface area contributed by atoms with Gasteiger partial charge in [0.2, 0.25) is 12.0 Å². The highest BCUT2D eigenvalue weighted by Gasteiger charge is 2.60. The lowest BCUT2D eigenvalue weighted by Crippen LogP contribution is -2.45. The van der Waals surface area contributed by atoms with Crippen LogP contribution in [0.2, 0.25) is 0 Å². The van der Waals surface area contributed by atoms with Gasteiger partial charge in [-0.05, 0) is 25.0 Å². The van der Waals surface area contributed by atoms with E-state index in [4.69, 9.17) is 18.9 Å². The Hall–Kier alpha value is -1.99. The van der Waals surface area contributed by atoms with E-state index < -0.39 is 5.79 Å². The first kappa shape index (κ1) is 19.9. The second kappa shape index (κ2) is 7.61. The second-order valence-electron chi connectivity index (χ2n) is 8.53. The molecule has 2 saturated heterocycles. The van der Waals surface area contributed by atoms with Crippen LogP contribution >= 0.6 is 0 Å². The van der Waals surface area contributed by atoms with E-state index in [0.717, 1.165) is 60.6 Å². The molecule has 160 valence electrons. The maximum Gasteiger partial charge on any atom is 0.247 e. The predicted octanol–water partition coefficient (Wildman–Crippen LogP) is 3.15. The summed E-state index contributed by atoms with van der Waals surface area (Å²) in [6.07, 6.45) is 4.81. The second-order valence-corrected chi connectivity index (χ2v) is 8.53. The van der Waals surface area contributed by atoms with Gasteiger partial charge < -0.3 is 14.2 Å². The molecule has 6 nitrogen and oxygen atoms in total. The lowest BCUT2D eigenvalue weighted by atomic mass is 9.88. The van der Waals surface area contributed by atoms with Gasteiger partial charge in [0.1, 0.15) is 18.8 Å². The minimum atomic E-state index is -1.08. The first-order chi connectivity index (χ1) is 14.6. The first-order valence-corrected chi connectivity index (χ1v) is 11.1. The number of hydrogen-bond donors (Lipinski definition) is 0. The Balaban J connectivity index is 1.51. The van der Waals surface area contributed by atoms with Crippen molar-refractivity contribution in [2.75, 3.05) is 46.1 Å². The lowest BCUT2D eigenvalue weighted by molar-refractivity contribution is -0.839. The molecule has 0 radical (unpaired) electrons. The monoisotopic (exact) mass is 412 g/mol. The van der Waals surface area contributed by atoms with Gasteiger partial charge in [-0.15, -0.1) is 0 Å². The van der Waals surface area contributed by atoms with E-state index >= 15 is 0 Å². The predicted molar refractivity (Wildman–Crippen MR) is 111 cm³/mol. The molecule has 3 atom stereocenters. The smallest absolute Gasteiger partial charge is 0.247 e. The van der Waals surface area contributed by atoms with Crippen molar-refractivity contribution in [3.8, 4) is 0 Å². The van der Waals surface area contributed by atoms with Crippen LogP contribution in [0.3, 0.4) is 0 Å². The summed E-state index contributed by atoms with van der Waals surface area (Å²) in [5.74, 6) is -0.454. The summed E-state index contributed by atoms with van der Waals surface area (Å²) in [7, 11) is 0. The molecule has 1 spiro atoms. The van der Waals surface area contributed by atoms with Gasteiger partial charge in [0.15, 0.2) is 12.3 Å². The molecular weight excluding hydrogens is 382 g/mol. The van der Waals surface area contributed by atoms with Crippen LogP contribution in [-0.2, 0) is 18.9 Å². The fraction of sp³-hybridized carbons (Fsp3) is 0.542. The Morgan fingerprint density at radius 3 is 2.73 bits per heavy atom. The Kier molecular flexibility index (Phi) is 5.06. The molecule has 0 saturated carbocycles. The van der Waals surface area contributed by atoms with E-state index in [-0.39, 0.29) is 17.9 Å². The Bertz CT molecular complexity index is 901. The number of hydrogen-bond acceptors (Lipinski definition) is 5. The number of rotatable bonds is 7. The number of fused-ring (bicyclic) bond motifs is 3. The van der Waals surface area contributed by atoms with Crippen molar-refractivity contribution in [2.24, 2.45) is 0 Å². The molecule has 0 N–H and O–H groups in total. The highest BCUT2D eigenvalue weighted by molar-refractivity contribution is 6.15. The van der Waals surface area contributed by atoms with Crippen LogP contribution in [0.15, 0.2) is 47.7 Å². The Morgan fingerprint density at radius 2 is 1.97 bits per heavy atom. The quantitative estimate of drug-likeness (QED) is 0.391. The lowest BCUT2D eigenvalue weighted by Gasteiger charge is -2.35. The van der Waals surface area contributed by atoms with Crippen molar-refractivity contribution in [2.45, 2.75) is 38.2 Å². The third-order valence-electron chi connectivity index (χ3n) is 6.60. The van der Waals surface area contributed by atoms with Crippen LogP contribution in [0.4, 0.5) is 0 Å². The molecule has 5 rings (SSSR count). The van der Waals surface area contributed by atoms with E-state index in [1.807, 2.05) is 43.3 Å².